The summed E-state index contributed by atoms with van der Waals surface area (Å²) in [5, 5.41) is 9.64. The minimum Gasteiger partial charge on any atom is -0.477 e. The second-order valence-electron chi connectivity index (χ2n) is 2.22. The molecule has 0 aliphatic carbocycles. The van der Waals surface area contributed by atoms with Crippen molar-refractivity contribution in [3.05, 3.63) is 16.3 Å². The lowest BCUT2D eigenvalue weighted by molar-refractivity contribution is 0.0698. The molecule has 78 valence electrons. The summed E-state index contributed by atoms with van der Waals surface area (Å²) >= 11 is 0.590. The van der Waals surface area contributed by atoms with Crippen LogP contribution in [-0.2, 0) is 9.84 Å². The fourth-order valence-electron chi connectivity index (χ4n) is 0.773. The second-order valence-corrected chi connectivity index (χ2v) is 5.03. The first-order chi connectivity index (χ1) is 6.37. The highest BCUT2D eigenvalue weighted by molar-refractivity contribution is 7.92. The summed E-state index contributed by atoms with van der Waals surface area (Å²) in [5.41, 5.74) is 0. The minimum atomic E-state index is -4.81. The van der Waals surface area contributed by atoms with Gasteiger partial charge in [-0.25, -0.2) is 13.2 Å². The molecule has 0 aromatic carbocycles. The number of aromatic carboxylic acids is 1. The van der Waals surface area contributed by atoms with Crippen molar-refractivity contribution in [2.45, 2.75) is 10.7 Å². The molecule has 1 aromatic heterocycles. The SMILES string of the molecule is O=C(O)c1sccc1S(=O)(=O)C(F)F. The molecule has 1 N–H and O–H groups in total. The van der Waals surface area contributed by atoms with Crippen LogP contribution in [0.5, 0.6) is 0 Å². The summed E-state index contributed by atoms with van der Waals surface area (Å²) in [6.45, 7) is 0. The lowest BCUT2D eigenvalue weighted by atomic mass is 10.5. The molecule has 0 radical (unpaired) electrons. The molecule has 8 heteroatoms. The van der Waals surface area contributed by atoms with E-state index in [9.17, 15) is 22.0 Å². The van der Waals surface area contributed by atoms with Crippen LogP contribution >= 0.6 is 11.3 Å². The summed E-state index contributed by atoms with van der Waals surface area (Å²) < 4.78 is 45.9. The van der Waals surface area contributed by atoms with Crippen LogP contribution in [0.3, 0.4) is 0 Å². The number of alkyl halides is 2. The molecule has 0 atom stereocenters. The molecule has 0 saturated heterocycles. The van der Waals surface area contributed by atoms with Gasteiger partial charge in [-0.3, -0.25) is 0 Å². The third kappa shape index (κ3) is 1.75. The molecular formula is C6H4F2O4S2. The van der Waals surface area contributed by atoms with Gasteiger partial charge in [0.1, 0.15) is 4.88 Å². The maximum atomic E-state index is 12.0. The van der Waals surface area contributed by atoms with Crippen molar-refractivity contribution >= 4 is 27.1 Å². The number of halogens is 2. The van der Waals surface area contributed by atoms with E-state index in [1.807, 2.05) is 0 Å². The first-order valence-electron chi connectivity index (χ1n) is 3.20. The highest BCUT2D eigenvalue weighted by Gasteiger charge is 2.31. The Morgan fingerprint density at radius 1 is 1.50 bits per heavy atom. The Kier molecular flexibility index (Phi) is 2.86. The van der Waals surface area contributed by atoms with Gasteiger partial charge in [-0.15, -0.1) is 11.3 Å². The first kappa shape index (κ1) is 11.1. The number of carboxylic acid groups (broad SMARTS) is 1. The maximum absolute atomic E-state index is 12.0. The first-order valence-corrected chi connectivity index (χ1v) is 5.63. The van der Waals surface area contributed by atoms with Gasteiger partial charge in [-0.1, -0.05) is 0 Å². The molecule has 1 heterocycles. The van der Waals surface area contributed by atoms with Gasteiger partial charge in [-0.2, -0.15) is 8.78 Å². The predicted molar refractivity (Wildman–Crippen MR) is 44.5 cm³/mol. The Hall–Kier alpha value is -1.02. The van der Waals surface area contributed by atoms with Crippen LogP contribution in [0.2, 0.25) is 0 Å². The van der Waals surface area contributed by atoms with E-state index in [-0.39, 0.29) is 0 Å². The number of hydrogen-bond acceptors (Lipinski definition) is 4. The summed E-state index contributed by atoms with van der Waals surface area (Å²) in [6.07, 6.45) is 0. The molecule has 0 spiro atoms. The quantitative estimate of drug-likeness (QED) is 0.870. The van der Waals surface area contributed by atoms with Crippen LogP contribution in [0.1, 0.15) is 9.67 Å². The van der Waals surface area contributed by atoms with Crippen molar-refractivity contribution < 1.29 is 27.1 Å². The van der Waals surface area contributed by atoms with E-state index in [1.54, 1.807) is 0 Å². The molecule has 14 heavy (non-hydrogen) atoms. The van der Waals surface area contributed by atoms with Crippen molar-refractivity contribution in [2.75, 3.05) is 0 Å². The zero-order valence-corrected chi connectivity index (χ0v) is 8.11. The standard InChI is InChI=1S/C6H4F2O4S2/c7-6(8)14(11,12)3-1-2-13-4(3)5(9)10/h1-2,6H,(H,9,10). The van der Waals surface area contributed by atoms with Gasteiger partial charge in [0.25, 0.3) is 0 Å². The van der Waals surface area contributed by atoms with Crippen LogP contribution in [0, 0.1) is 0 Å². The lowest BCUT2D eigenvalue weighted by Gasteiger charge is -2.00. The van der Waals surface area contributed by atoms with Crippen molar-refractivity contribution in [3.8, 4) is 0 Å². The molecule has 0 aliphatic heterocycles. The molecule has 0 fully saturated rings. The zero-order chi connectivity index (χ0) is 10.9. The van der Waals surface area contributed by atoms with Crippen LogP contribution in [0.25, 0.3) is 0 Å². The monoisotopic (exact) mass is 242 g/mol. The van der Waals surface area contributed by atoms with Gasteiger partial charge < -0.3 is 5.11 Å². The summed E-state index contributed by atoms with van der Waals surface area (Å²) in [5.74, 6) is -5.13. The van der Waals surface area contributed by atoms with E-state index >= 15 is 0 Å². The topological polar surface area (TPSA) is 71.4 Å². The molecule has 0 unspecified atom stereocenters. The Balaban J connectivity index is 3.34. The molecule has 0 aliphatic rings. The average molecular weight is 242 g/mol. The van der Waals surface area contributed by atoms with Crippen LogP contribution in [0.15, 0.2) is 16.3 Å². The normalized spacial score (nSPS) is 11.9. The summed E-state index contributed by atoms with van der Waals surface area (Å²) in [6, 6.07) is 0.857. The fraction of sp³-hybridized carbons (Fsp3) is 0.167. The highest BCUT2D eigenvalue weighted by Crippen LogP contribution is 2.26. The van der Waals surface area contributed by atoms with Crippen LogP contribution in [0.4, 0.5) is 8.78 Å². The van der Waals surface area contributed by atoms with Gasteiger partial charge in [0.15, 0.2) is 0 Å². The van der Waals surface area contributed by atoms with Gasteiger partial charge in [-0.05, 0) is 11.4 Å². The summed E-state index contributed by atoms with van der Waals surface area (Å²) in [4.78, 5) is 9.03. The number of carboxylic acids is 1. The Morgan fingerprint density at radius 3 is 2.50 bits per heavy atom. The van der Waals surface area contributed by atoms with Gasteiger partial charge >= 0.3 is 11.7 Å². The highest BCUT2D eigenvalue weighted by atomic mass is 32.2. The zero-order valence-electron chi connectivity index (χ0n) is 6.48. The van der Waals surface area contributed by atoms with E-state index in [2.05, 4.69) is 0 Å². The maximum Gasteiger partial charge on any atom is 0.347 e. The van der Waals surface area contributed by atoms with Crippen molar-refractivity contribution in [1.82, 2.24) is 0 Å². The Morgan fingerprint density at radius 2 is 2.07 bits per heavy atom. The largest absolute Gasteiger partial charge is 0.477 e. The number of carbonyl (C=O) groups is 1. The Labute approximate surface area is 81.7 Å². The molecule has 1 rings (SSSR count). The molecule has 0 saturated carbocycles. The van der Waals surface area contributed by atoms with Crippen molar-refractivity contribution in [1.29, 1.82) is 0 Å². The van der Waals surface area contributed by atoms with E-state index in [0.717, 1.165) is 11.4 Å². The number of thiophene rings is 1. The van der Waals surface area contributed by atoms with Crippen molar-refractivity contribution in [3.63, 3.8) is 0 Å². The molecular weight excluding hydrogens is 238 g/mol. The van der Waals surface area contributed by atoms with Gasteiger partial charge in [0.2, 0.25) is 9.84 Å². The van der Waals surface area contributed by atoms with E-state index < -0.39 is 31.3 Å². The Bertz CT molecular complexity index is 448. The van der Waals surface area contributed by atoms with Gasteiger partial charge in [0, 0.05) is 0 Å². The number of hydrogen-bond donors (Lipinski definition) is 1. The van der Waals surface area contributed by atoms with Gasteiger partial charge in [0.05, 0.1) is 4.90 Å². The smallest absolute Gasteiger partial charge is 0.347 e. The van der Waals surface area contributed by atoms with E-state index in [0.29, 0.717) is 11.3 Å². The van der Waals surface area contributed by atoms with E-state index in [4.69, 9.17) is 5.11 Å². The minimum absolute atomic E-state index is 0.590. The average Bonchev–Trinajstić information content (AvgIpc) is 2.51. The third-order valence-electron chi connectivity index (χ3n) is 1.36. The number of sulfone groups is 1. The third-order valence-corrected chi connectivity index (χ3v) is 3.82. The summed E-state index contributed by atoms with van der Waals surface area (Å²) in [7, 11) is -4.81. The van der Waals surface area contributed by atoms with Crippen LogP contribution in [-0.4, -0.2) is 25.3 Å². The lowest BCUT2D eigenvalue weighted by Crippen LogP contribution is -2.13. The molecule has 1 aromatic rings. The number of rotatable bonds is 3. The molecule has 4 nitrogen and oxygen atoms in total. The second kappa shape index (κ2) is 3.62. The predicted octanol–water partition coefficient (Wildman–Crippen LogP) is 1.44. The molecule has 0 bridgehead atoms. The fourth-order valence-corrected chi connectivity index (χ4v) is 2.77. The van der Waals surface area contributed by atoms with Crippen LogP contribution < -0.4 is 0 Å². The van der Waals surface area contributed by atoms with E-state index in [1.165, 1.54) is 0 Å². The molecule has 0 amide bonds. The van der Waals surface area contributed by atoms with Crippen molar-refractivity contribution in [2.24, 2.45) is 0 Å².